The van der Waals surface area contributed by atoms with Gasteiger partial charge in [0.05, 0.1) is 0 Å². The van der Waals surface area contributed by atoms with Crippen molar-refractivity contribution in [3.05, 3.63) is 77.6 Å². The summed E-state index contributed by atoms with van der Waals surface area (Å²) in [6, 6.07) is 15.8. The van der Waals surface area contributed by atoms with Crippen LogP contribution in [0.25, 0.3) is 17.0 Å². The highest BCUT2D eigenvalue weighted by Crippen LogP contribution is 2.23. The second-order valence-electron chi connectivity index (χ2n) is 4.77. The lowest BCUT2D eigenvalue weighted by molar-refractivity contribution is -0.131. The first-order valence-electron chi connectivity index (χ1n) is 6.68. The van der Waals surface area contributed by atoms with Gasteiger partial charge in [0.25, 0.3) is 0 Å². The zero-order chi connectivity index (χ0) is 15.5. The van der Waals surface area contributed by atoms with Crippen molar-refractivity contribution in [2.75, 3.05) is 0 Å². The molecule has 3 rings (SSSR count). The molecule has 3 aromatic rings. The number of rotatable bonds is 4. The lowest BCUT2D eigenvalue weighted by Crippen LogP contribution is -1.98. The van der Waals surface area contributed by atoms with Crippen LogP contribution in [0.5, 0.6) is 0 Å². The second-order valence-corrected chi connectivity index (χ2v) is 4.77. The van der Waals surface area contributed by atoms with Crippen LogP contribution in [0.15, 0.2) is 65.1 Å². The smallest absolute Gasteiger partial charge is 0.328 e. The Balaban J connectivity index is 1.96. The van der Waals surface area contributed by atoms with Crippen LogP contribution in [0.4, 0.5) is 0 Å². The van der Waals surface area contributed by atoms with Gasteiger partial charge in [-0.2, -0.15) is 0 Å². The van der Waals surface area contributed by atoms with Gasteiger partial charge in [-0.3, -0.25) is 4.79 Å². The molecular formula is C18H12O4. The summed E-state index contributed by atoms with van der Waals surface area (Å²) in [6.07, 6.45) is 2.56. The van der Waals surface area contributed by atoms with Crippen LogP contribution < -0.4 is 0 Å². The number of furan rings is 1. The molecule has 4 nitrogen and oxygen atoms in total. The first kappa shape index (κ1) is 13.8. The normalized spacial score (nSPS) is 11.1. The minimum absolute atomic E-state index is 0.181. The Hall–Kier alpha value is -3.14. The molecule has 0 bridgehead atoms. The van der Waals surface area contributed by atoms with Gasteiger partial charge < -0.3 is 9.52 Å². The minimum atomic E-state index is -1.01. The largest absolute Gasteiger partial charge is 0.478 e. The van der Waals surface area contributed by atoms with Crippen LogP contribution in [0, 0.1) is 0 Å². The van der Waals surface area contributed by atoms with Gasteiger partial charge in [0.15, 0.2) is 5.76 Å². The number of ketones is 1. The zero-order valence-corrected chi connectivity index (χ0v) is 11.5. The lowest BCUT2D eigenvalue weighted by Gasteiger charge is -1.95. The summed E-state index contributed by atoms with van der Waals surface area (Å²) in [6.45, 7) is 0. The maximum atomic E-state index is 12.3. The van der Waals surface area contributed by atoms with E-state index in [1.54, 1.807) is 48.5 Å². The van der Waals surface area contributed by atoms with Gasteiger partial charge in [-0.05, 0) is 29.8 Å². The van der Waals surface area contributed by atoms with Gasteiger partial charge in [0.2, 0.25) is 5.78 Å². The Morgan fingerprint density at radius 3 is 2.50 bits per heavy atom. The molecule has 1 aromatic heterocycles. The van der Waals surface area contributed by atoms with Crippen LogP contribution in [-0.4, -0.2) is 16.9 Å². The van der Waals surface area contributed by atoms with Crippen molar-refractivity contribution < 1.29 is 19.1 Å². The highest BCUT2D eigenvalue weighted by Gasteiger charge is 2.14. The lowest BCUT2D eigenvalue weighted by atomic mass is 10.1. The van der Waals surface area contributed by atoms with Crippen molar-refractivity contribution in [2.24, 2.45) is 0 Å². The summed E-state index contributed by atoms with van der Waals surface area (Å²) in [7, 11) is 0. The first-order valence-corrected chi connectivity index (χ1v) is 6.68. The van der Waals surface area contributed by atoms with Crippen molar-refractivity contribution in [2.45, 2.75) is 0 Å². The van der Waals surface area contributed by atoms with Gasteiger partial charge in [0.1, 0.15) is 5.58 Å². The predicted octanol–water partition coefficient (Wildman–Crippen LogP) is 3.76. The molecule has 0 radical (unpaired) electrons. The number of benzene rings is 2. The van der Waals surface area contributed by atoms with E-state index in [0.29, 0.717) is 11.1 Å². The van der Waals surface area contributed by atoms with E-state index in [4.69, 9.17) is 9.52 Å². The van der Waals surface area contributed by atoms with E-state index in [9.17, 15) is 9.59 Å². The molecule has 0 fully saturated rings. The van der Waals surface area contributed by atoms with Gasteiger partial charge in [-0.1, -0.05) is 36.4 Å². The van der Waals surface area contributed by atoms with E-state index < -0.39 is 5.97 Å². The summed E-state index contributed by atoms with van der Waals surface area (Å²) in [5.41, 5.74) is 1.88. The quantitative estimate of drug-likeness (QED) is 0.587. The highest BCUT2D eigenvalue weighted by atomic mass is 16.4. The molecule has 0 saturated carbocycles. The molecule has 0 unspecified atom stereocenters. The third kappa shape index (κ3) is 2.81. The molecule has 0 atom stereocenters. The van der Waals surface area contributed by atoms with E-state index >= 15 is 0 Å². The van der Waals surface area contributed by atoms with Crippen LogP contribution >= 0.6 is 0 Å². The molecule has 22 heavy (non-hydrogen) atoms. The van der Waals surface area contributed by atoms with Gasteiger partial charge in [-0.25, -0.2) is 4.79 Å². The van der Waals surface area contributed by atoms with Crippen molar-refractivity contribution in [1.29, 1.82) is 0 Å². The standard InChI is InChI=1S/C18H12O4/c19-17(20)9-7-12-6-8-15-14(10-12)11-16(22-15)18(21)13-4-2-1-3-5-13/h1-11H,(H,19,20)/b9-7+. The molecule has 0 aliphatic rings. The van der Waals surface area contributed by atoms with Crippen molar-refractivity contribution >= 4 is 28.8 Å². The van der Waals surface area contributed by atoms with Crippen molar-refractivity contribution in [3.63, 3.8) is 0 Å². The predicted molar refractivity (Wildman–Crippen MR) is 82.8 cm³/mol. The number of carboxylic acids is 1. The molecule has 108 valence electrons. The maximum Gasteiger partial charge on any atom is 0.328 e. The second kappa shape index (κ2) is 5.69. The molecule has 0 aliphatic heterocycles. The van der Waals surface area contributed by atoms with Gasteiger partial charge in [-0.15, -0.1) is 0 Å². The Morgan fingerprint density at radius 2 is 1.77 bits per heavy atom. The van der Waals surface area contributed by atoms with Crippen LogP contribution in [-0.2, 0) is 4.79 Å². The molecule has 1 N–H and O–H groups in total. The average Bonchev–Trinajstić information content (AvgIpc) is 2.96. The number of hydrogen-bond donors (Lipinski definition) is 1. The van der Waals surface area contributed by atoms with E-state index in [0.717, 1.165) is 17.0 Å². The van der Waals surface area contributed by atoms with E-state index in [1.165, 1.54) is 6.08 Å². The Kier molecular flexibility index (Phi) is 3.58. The zero-order valence-electron chi connectivity index (χ0n) is 11.5. The van der Waals surface area contributed by atoms with E-state index in [-0.39, 0.29) is 11.5 Å². The number of aliphatic carboxylic acids is 1. The Labute approximate surface area is 126 Å². The van der Waals surface area contributed by atoms with E-state index in [1.807, 2.05) is 6.07 Å². The van der Waals surface area contributed by atoms with Crippen LogP contribution in [0.3, 0.4) is 0 Å². The Bertz CT molecular complexity index is 872. The van der Waals surface area contributed by atoms with Crippen LogP contribution in [0.1, 0.15) is 21.7 Å². The number of fused-ring (bicyclic) bond motifs is 1. The molecule has 2 aromatic carbocycles. The third-order valence-electron chi connectivity index (χ3n) is 3.22. The summed E-state index contributed by atoms with van der Waals surface area (Å²) >= 11 is 0. The topological polar surface area (TPSA) is 67.5 Å². The molecule has 4 heteroatoms. The number of carbonyl (C=O) groups is 2. The highest BCUT2D eigenvalue weighted by molar-refractivity contribution is 6.09. The Morgan fingerprint density at radius 1 is 1.00 bits per heavy atom. The van der Waals surface area contributed by atoms with Gasteiger partial charge in [0, 0.05) is 17.0 Å². The summed E-state index contributed by atoms with van der Waals surface area (Å²) in [5, 5.41) is 9.40. The third-order valence-corrected chi connectivity index (χ3v) is 3.22. The summed E-state index contributed by atoms with van der Waals surface area (Å²) in [5.74, 6) is -0.924. The SMILES string of the molecule is O=C(O)/C=C/c1ccc2oc(C(=O)c3ccccc3)cc2c1. The average molecular weight is 292 g/mol. The molecule has 0 spiro atoms. The summed E-state index contributed by atoms with van der Waals surface area (Å²) in [4.78, 5) is 22.9. The number of carbonyl (C=O) groups excluding carboxylic acids is 1. The van der Waals surface area contributed by atoms with Gasteiger partial charge >= 0.3 is 5.97 Å². The molecule has 0 amide bonds. The maximum absolute atomic E-state index is 12.3. The van der Waals surface area contributed by atoms with Crippen molar-refractivity contribution in [3.8, 4) is 0 Å². The molecule has 0 saturated heterocycles. The van der Waals surface area contributed by atoms with Crippen LogP contribution in [0.2, 0.25) is 0 Å². The molecule has 0 aliphatic carbocycles. The fourth-order valence-electron chi connectivity index (χ4n) is 2.18. The van der Waals surface area contributed by atoms with E-state index in [2.05, 4.69) is 0 Å². The minimum Gasteiger partial charge on any atom is -0.478 e. The van der Waals surface area contributed by atoms with Crippen molar-refractivity contribution in [1.82, 2.24) is 0 Å². The summed E-state index contributed by atoms with van der Waals surface area (Å²) < 4.78 is 5.57. The monoisotopic (exact) mass is 292 g/mol. The fourth-order valence-corrected chi connectivity index (χ4v) is 2.18. The first-order chi connectivity index (χ1) is 10.6. The number of carboxylic acid groups (broad SMARTS) is 1. The molecule has 1 heterocycles. The number of hydrogen-bond acceptors (Lipinski definition) is 3. The molecular weight excluding hydrogens is 280 g/mol. The fraction of sp³-hybridized carbons (Fsp3) is 0.